The Hall–Kier alpha value is -1.26. The Labute approximate surface area is 147 Å². The molecular formula is C19H36N4O. The minimum Gasteiger partial charge on any atom is -0.356 e. The molecule has 0 spiro atoms. The summed E-state index contributed by atoms with van der Waals surface area (Å²) in [5, 5.41) is 3.44. The predicted molar refractivity (Wildman–Crippen MR) is 100 cm³/mol. The second kappa shape index (κ2) is 6.57. The predicted octanol–water partition coefficient (Wildman–Crippen LogP) is 2.72. The monoisotopic (exact) mass is 336 g/mol. The first kappa shape index (κ1) is 19.1. The van der Waals surface area contributed by atoms with Gasteiger partial charge in [0.1, 0.15) is 0 Å². The highest BCUT2D eigenvalue weighted by atomic mass is 16.2. The van der Waals surface area contributed by atoms with Gasteiger partial charge >= 0.3 is 0 Å². The van der Waals surface area contributed by atoms with E-state index in [0.29, 0.717) is 6.54 Å². The molecule has 0 aromatic carbocycles. The minimum atomic E-state index is -0.297. The van der Waals surface area contributed by atoms with Crippen LogP contribution in [0, 0.1) is 10.8 Å². The normalized spacial score (nSPS) is 24.5. The molecule has 1 N–H and O–H groups in total. The van der Waals surface area contributed by atoms with E-state index in [4.69, 9.17) is 4.99 Å². The molecule has 1 saturated heterocycles. The molecule has 1 aliphatic heterocycles. The smallest absolute Gasteiger partial charge is 0.230 e. The van der Waals surface area contributed by atoms with Crippen LogP contribution in [0.4, 0.5) is 0 Å². The number of amides is 1. The van der Waals surface area contributed by atoms with E-state index in [1.165, 1.54) is 0 Å². The first-order valence-corrected chi connectivity index (χ1v) is 9.35. The van der Waals surface area contributed by atoms with E-state index in [1.807, 2.05) is 14.1 Å². The van der Waals surface area contributed by atoms with Gasteiger partial charge in [-0.05, 0) is 33.6 Å². The molecular weight excluding hydrogens is 300 g/mol. The Kier molecular flexibility index (Phi) is 5.22. The summed E-state index contributed by atoms with van der Waals surface area (Å²) >= 11 is 0. The van der Waals surface area contributed by atoms with Gasteiger partial charge in [-0.1, -0.05) is 26.7 Å². The fourth-order valence-corrected chi connectivity index (χ4v) is 3.99. The van der Waals surface area contributed by atoms with E-state index in [9.17, 15) is 4.79 Å². The van der Waals surface area contributed by atoms with Crippen LogP contribution in [0.3, 0.4) is 0 Å². The van der Waals surface area contributed by atoms with E-state index in [1.54, 1.807) is 4.90 Å². The molecule has 0 unspecified atom stereocenters. The molecule has 1 aliphatic carbocycles. The molecule has 24 heavy (non-hydrogen) atoms. The lowest BCUT2D eigenvalue weighted by Gasteiger charge is -2.62. The molecule has 2 fully saturated rings. The number of carbonyl (C=O) groups excluding carboxylic acids is 1. The zero-order chi connectivity index (χ0) is 18.2. The molecule has 1 heterocycles. The standard InChI is InChI=1S/C19H36N4O/c1-8-20-16(23-14-17(2,3)18(23,4)5)21-13-19(11-9-10-12-19)15(24)22(6)7/h8-14H2,1-7H3,(H,20,21). The molecule has 138 valence electrons. The van der Waals surface area contributed by atoms with Crippen LogP contribution in [0.2, 0.25) is 0 Å². The highest BCUT2D eigenvalue weighted by Gasteiger charge is 2.54. The summed E-state index contributed by atoms with van der Waals surface area (Å²) in [4.78, 5) is 21.8. The SMILES string of the molecule is CCNC(=NCC1(C(=O)N(C)C)CCCC1)N1CC(C)(C)C1(C)C. The van der Waals surface area contributed by atoms with Gasteiger partial charge in [-0.3, -0.25) is 9.79 Å². The zero-order valence-corrected chi connectivity index (χ0v) is 16.7. The molecule has 1 saturated carbocycles. The van der Waals surface area contributed by atoms with Crippen molar-refractivity contribution in [3.05, 3.63) is 0 Å². The third-order valence-corrected chi connectivity index (χ3v) is 6.43. The minimum absolute atomic E-state index is 0.0718. The van der Waals surface area contributed by atoms with Crippen molar-refractivity contribution in [2.24, 2.45) is 15.8 Å². The first-order valence-electron chi connectivity index (χ1n) is 9.35. The van der Waals surface area contributed by atoms with Gasteiger partial charge in [0.05, 0.1) is 12.0 Å². The summed E-state index contributed by atoms with van der Waals surface area (Å²) in [6, 6.07) is 0. The number of likely N-dealkylation sites (tertiary alicyclic amines) is 1. The molecule has 2 rings (SSSR count). The Morgan fingerprint density at radius 1 is 1.17 bits per heavy atom. The summed E-state index contributed by atoms with van der Waals surface area (Å²) in [6.07, 6.45) is 4.19. The maximum atomic E-state index is 12.7. The largest absolute Gasteiger partial charge is 0.356 e. The zero-order valence-electron chi connectivity index (χ0n) is 16.7. The van der Waals surface area contributed by atoms with Crippen LogP contribution in [0.1, 0.15) is 60.3 Å². The summed E-state index contributed by atoms with van der Waals surface area (Å²) < 4.78 is 0. The Balaban J connectivity index is 2.20. The van der Waals surface area contributed by atoms with Crippen LogP contribution in [0.5, 0.6) is 0 Å². The van der Waals surface area contributed by atoms with Crippen LogP contribution >= 0.6 is 0 Å². The first-order chi connectivity index (χ1) is 11.1. The molecule has 5 heteroatoms. The average Bonchev–Trinajstić information content (AvgIpc) is 2.98. The maximum absolute atomic E-state index is 12.7. The number of nitrogens with zero attached hydrogens (tertiary/aromatic N) is 3. The third kappa shape index (κ3) is 3.14. The van der Waals surface area contributed by atoms with E-state index >= 15 is 0 Å². The Morgan fingerprint density at radius 2 is 1.75 bits per heavy atom. The molecule has 0 bridgehead atoms. The van der Waals surface area contributed by atoms with Crippen molar-refractivity contribution < 1.29 is 4.79 Å². The number of carbonyl (C=O) groups is 1. The van der Waals surface area contributed by atoms with Gasteiger partial charge in [-0.25, -0.2) is 0 Å². The van der Waals surface area contributed by atoms with Gasteiger partial charge in [-0.2, -0.15) is 0 Å². The lowest BCUT2D eigenvalue weighted by Crippen LogP contribution is -2.72. The second-order valence-electron chi connectivity index (χ2n) is 8.89. The van der Waals surface area contributed by atoms with Crippen LogP contribution in [-0.2, 0) is 4.79 Å². The summed E-state index contributed by atoms with van der Waals surface area (Å²) in [5.41, 5.74) is 0.0464. The second-order valence-corrected chi connectivity index (χ2v) is 8.89. The van der Waals surface area contributed by atoms with E-state index in [-0.39, 0.29) is 22.3 Å². The molecule has 5 nitrogen and oxygen atoms in total. The fourth-order valence-electron chi connectivity index (χ4n) is 3.99. The number of nitrogens with one attached hydrogen (secondary N) is 1. The lowest BCUT2D eigenvalue weighted by molar-refractivity contribution is -0.138. The van der Waals surface area contributed by atoms with Crippen molar-refractivity contribution in [1.82, 2.24) is 15.1 Å². The number of rotatable bonds is 4. The molecule has 0 atom stereocenters. The van der Waals surface area contributed by atoms with Crippen LogP contribution in [0.25, 0.3) is 0 Å². The summed E-state index contributed by atoms with van der Waals surface area (Å²) in [6.45, 7) is 13.7. The van der Waals surface area contributed by atoms with Gasteiger partial charge in [-0.15, -0.1) is 0 Å². The molecule has 1 amide bonds. The van der Waals surface area contributed by atoms with Gasteiger partial charge in [0, 0.05) is 38.1 Å². The highest BCUT2D eigenvalue weighted by Crippen LogP contribution is 2.46. The van der Waals surface area contributed by atoms with E-state index in [0.717, 1.165) is 44.7 Å². The van der Waals surface area contributed by atoms with Crippen molar-refractivity contribution in [3.63, 3.8) is 0 Å². The van der Waals surface area contributed by atoms with Crippen molar-refractivity contribution >= 4 is 11.9 Å². The molecule has 0 aromatic rings. The molecule has 0 aromatic heterocycles. The number of guanidine groups is 1. The van der Waals surface area contributed by atoms with Gasteiger partial charge < -0.3 is 15.1 Å². The Morgan fingerprint density at radius 3 is 2.17 bits per heavy atom. The van der Waals surface area contributed by atoms with Crippen molar-refractivity contribution in [2.45, 2.75) is 65.8 Å². The van der Waals surface area contributed by atoms with E-state index < -0.39 is 0 Å². The quantitative estimate of drug-likeness (QED) is 0.634. The van der Waals surface area contributed by atoms with Crippen LogP contribution in [0.15, 0.2) is 4.99 Å². The van der Waals surface area contributed by atoms with E-state index in [2.05, 4.69) is 44.8 Å². The Bertz CT molecular complexity index is 501. The van der Waals surface area contributed by atoms with Crippen LogP contribution in [-0.4, -0.2) is 60.9 Å². The third-order valence-electron chi connectivity index (χ3n) is 6.43. The maximum Gasteiger partial charge on any atom is 0.230 e. The van der Waals surface area contributed by atoms with Crippen molar-refractivity contribution in [2.75, 3.05) is 33.7 Å². The van der Waals surface area contributed by atoms with Gasteiger partial charge in [0.25, 0.3) is 0 Å². The number of hydrogen-bond acceptors (Lipinski definition) is 2. The summed E-state index contributed by atoms with van der Waals surface area (Å²) in [7, 11) is 3.72. The number of hydrogen-bond donors (Lipinski definition) is 1. The van der Waals surface area contributed by atoms with Gasteiger partial charge in [0.15, 0.2) is 5.96 Å². The lowest BCUT2D eigenvalue weighted by atomic mass is 9.65. The topological polar surface area (TPSA) is 47.9 Å². The number of aliphatic imine (C=N–C) groups is 1. The molecule has 0 radical (unpaired) electrons. The molecule has 2 aliphatic rings. The van der Waals surface area contributed by atoms with Crippen molar-refractivity contribution in [1.29, 1.82) is 0 Å². The average molecular weight is 337 g/mol. The van der Waals surface area contributed by atoms with Crippen LogP contribution < -0.4 is 5.32 Å². The van der Waals surface area contributed by atoms with Gasteiger partial charge in [0.2, 0.25) is 5.91 Å². The highest BCUT2D eigenvalue weighted by molar-refractivity contribution is 5.85. The van der Waals surface area contributed by atoms with Crippen molar-refractivity contribution in [3.8, 4) is 0 Å². The fraction of sp³-hybridized carbons (Fsp3) is 0.895. The summed E-state index contributed by atoms with van der Waals surface area (Å²) in [5.74, 6) is 1.20.